The van der Waals surface area contributed by atoms with E-state index in [2.05, 4.69) is 65.2 Å². The van der Waals surface area contributed by atoms with Gasteiger partial charge in [0.05, 0.1) is 6.20 Å². The molecule has 3 heterocycles. The van der Waals surface area contributed by atoms with E-state index in [9.17, 15) is 9.59 Å². The fourth-order valence-electron chi connectivity index (χ4n) is 6.06. The van der Waals surface area contributed by atoms with Crippen molar-refractivity contribution in [3.63, 3.8) is 0 Å². The van der Waals surface area contributed by atoms with Crippen molar-refractivity contribution in [2.45, 2.75) is 72.6 Å². The van der Waals surface area contributed by atoms with Crippen LogP contribution in [-0.2, 0) is 30.8 Å². The quantitative estimate of drug-likeness (QED) is 0.157. The van der Waals surface area contributed by atoms with Crippen molar-refractivity contribution in [2.24, 2.45) is 0 Å². The van der Waals surface area contributed by atoms with Crippen molar-refractivity contribution in [1.29, 1.82) is 0 Å². The molecule has 0 spiro atoms. The van der Waals surface area contributed by atoms with Gasteiger partial charge in [0.15, 0.2) is 5.65 Å². The van der Waals surface area contributed by atoms with Crippen molar-refractivity contribution in [3.8, 4) is 11.1 Å². The molecule has 0 aliphatic carbocycles. The Bertz CT molecular complexity index is 1890. The Hall–Kier alpha value is -4.86. The fraction of sp³-hybridized carbons (Fsp3) is 0.350. The smallest absolute Gasteiger partial charge is 0.251 e. The lowest BCUT2D eigenvalue weighted by Crippen LogP contribution is -2.31. The number of rotatable bonds is 10. The molecule has 0 bridgehead atoms. The number of hydrogen-bond donors (Lipinski definition) is 3. The summed E-state index contributed by atoms with van der Waals surface area (Å²) in [6, 6.07) is 24.5. The molecule has 0 saturated carbocycles. The van der Waals surface area contributed by atoms with E-state index >= 15 is 0 Å². The summed E-state index contributed by atoms with van der Waals surface area (Å²) in [5.74, 6) is -0.459. The van der Waals surface area contributed by atoms with E-state index in [-0.39, 0.29) is 11.8 Å². The highest BCUT2D eigenvalue weighted by atomic mass is 16.5. The third-order valence-electron chi connectivity index (χ3n) is 8.82. The van der Waals surface area contributed by atoms with Gasteiger partial charge in [-0.2, -0.15) is 5.10 Å². The topological polar surface area (TPSA) is 110 Å². The van der Waals surface area contributed by atoms with Gasteiger partial charge in [-0.25, -0.2) is 9.67 Å². The molecule has 6 rings (SSSR count). The van der Waals surface area contributed by atoms with E-state index in [1.54, 1.807) is 24.4 Å². The van der Waals surface area contributed by atoms with E-state index in [1.165, 1.54) is 18.4 Å². The molecule has 5 aromatic rings. The molecule has 1 aliphatic heterocycles. The van der Waals surface area contributed by atoms with Gasteiger partial charge in [-0.1, -0.05) is 55.0 Å². The van der Waals surface area contributed by atoms with Crippen molar-refractivity contribution >= 4 is 22.8 Å². The van der Waals surface area contributed by atoms with E-state index in [0.29, 0.717) is 30.3 Å². The molecule has 0 unspecified atom stereocenters. The lowest BCUT2D eigenvalue weighted by Gasteiger charge is -2.20. The highest BCUT2D eigenvalue weighted by Crippen LogP contribution is 2.22. The van der Waals surface area contributed by atoms with Gasteiger partial charge in [0.25, 0.3) is 11.8 Å². The second-order valence-electron chi connectivity index (χ2n) is 12.5. The van der Waals surface area contributed by atoms with Gasteiger partial charge in [-0.05, 0) is 105 Å². The number of hydrogen-bond acceptors (Lipinski definition) is 6. The van der Waals surface area contributed by atoms with Crippen LogP contribution in [0.2, 0.25) is 0 Å². The number of fused-ring (bicyclic) bond motifs is 1. The van der Waals surface area contributed by atoms with Gasteiger partial charge in [-0.3, -0.25) is 9.59 Å². The second kappa shape index (κ2) is 17.0. The molecule has 1 fully saturated rings. The maximum Gasteiger partial charge on any atom is 0.251 e. The first-order valence-corrected chi connectivity index (χ1v) is 17.2. The monoisotopic (exact) mass is 660 g/mol. The Balaban J connectivity index is 0.000000514. The minimum atomic E-state index is -0.236. The zero-order valence-corrected chi connectivity index (χ0v) is 29.3. The zero-order valence-electron chi connectivity index (χ0n) is 29.3. The van der Waals surface area contributed by atoms with Crippen molar-refractivity contribution in [3.05, 3.63) is 118 Å². The number of ether oxygens (including phenoxy) is 1. The van der Waals surface area contributed by atoms with Crippen LogP contribution in [0.15, 0.2) is 79.0 Å². The number of benzene rings is 3. The highest BCUT2D eigenvalue weighted by Gasteiger charge is 2.15. The molecule has 3 N–H and O–H groups in total. The summed E-state index contributed by atoms with van der Waals surface area (Å²) >= 11 is 0. The summed E-state index contributed by atoms with van der Waals surface area (Å²) in [7, 11) is 2.01. The van der Waals surface area contributed by atoms with Crippen LogP contribution in [0.25, 0.3) is 22.2 Å². The SMILES string of the molecule is CCc1nc2c(cnn2CC)cc1CNC(=O)c1cc(C)cc(C(=O)NCc2cccc(-c3cccc(C)c3)c2)c1.CNC1CCOCC1. The molecule has 1 aliphatic rings. The molecule has 9 heteroatoms. The molecule has 2 aromatic heterocycles. The van der Waals surface area contributed by atoms with Crippen molar-refractivity contribution < 1.29 is 14.3 Å². The van der Waals surface area contributed by atoms with E-state index in [4.69, 9.17) is 9.72 Å². The van der Waals surface area contributed by atoms with Crippen LogP contribution in [-0.4, -0.2) is 52.9 Å². The summed E-state index contributed by atoms with van der Waals surface area (Å²) in [6.07, 6.45) is 4.91. The molecule has 2 amide bonds. The highest BCUT2D eigenvalue weighted by molar-refractivity contribution is 6.00. The summed E-state index contributed by atoms with van der Waals surface area (Å²) in [6.45, 7) is 11.4. The minimum Gasteiger partial charge on any atom is -0.381 e. The van der Waals surface area contributed by atoms with Gasteiger partial charge in [0, 0.05) is 61.1 Å². The summed E-state index contributed by atoms with van der Waals surface area (Å²) in [4.78, 5) is 31.0. The molecular formula is C40H48N6O3. The first-order valence-electron chi connectivity index (χ1n) is 17.2. The summed E-state index contributed by atoms with van der Waals surface area (Å²) in [5, 5.41) is 14.6. The van der Waals surface area contributed by atoms with Crippen LogP contribution in [0.5, 0.6) is 0 Å². The predicted molar refractivity (Wildman–Crippen MR) is 196 cm³/mol. The van der Waals surface area contributed by atoms with Crippen LogP contribution in [0.4, 0.5) is 0 Å². The Labute approximate surface area is 289 Å². The maximum atomic E-state index is 13.2. The number of nitrogens with zero attached hydrogens (tertiary/aromatic N) is 3. The van der Waals surface area contributed by atoms with Gasteiger partial charge < -0.3 is 20.7 Å². The Morgan fingerprint density at radius 3 is 2.14 bits per heavy atom. The van der Waals surface area contributed by atoms with Gasteiger partial charge in [-0.15, -0.1) is 0 Å². The molecule has 49 heavy (non-hydrogen) atoms. The zero-order chi connectivity index (χ0) is 34.8. The number of aromatic nitrogens is 3. The van der Waals surface area contributed by atoms with Crippen molar-refractivity contribution in [2.75, 3.05) is 20.3 Å². The van der Waals surface area contributed by atoms with Crippen molar-refractivity contribution in [1.82, 2.24) is 30.7 Å². The normalized spacial score (nSPS) is 13.1. The second-order valence-corrected chi connectivity index (χ2v) is 12.5. The number of aryl methyl sites for hydroxylation is 4. The maximum absolute atomic E-state index is 13.2. The third-order valence-corrected chi connectivity index (χ3v) is 8.82. The van der Waals surface area contributed by atoms with Crippen LogP contribution in [0.1, 0.15) is 75.4 Å². The van der Waals surface area contributed by atoms with Gasteiger partial charge in [0.1, 0.15) is 0 Å². The molecular weight excluding hydrogens is 612 g/mol. The van der Waals surface area contributed by atoms with Crippen LogP contribution in [0, 0.1) is 13.8 Å². The van der Waals surface area contributed by atoms with Gasteiger partial charge in [0.2, 0.25) is 0 Å². The summed E-state index contributed by atoms with van der Waals surface area (Å²) < 4.78 is 7.03. The molecule has 3 aromatic carbocycles. The Morgan fingerprint density at radius 2 is 1.51 bits per heavy atom. The molecule has 9 nitrogen and oxygen atoms in total. The average Bonchev–Trinajstić information content (AvgIpc) is 3.54. The number of carbonyl (C=O) groups excluding carboxylic acids is 2. The summed E-state index contributed by atoms with van der Waals surface area (Å²) in [5.41, 5.74) is 8.95. The van der Waals surface area contributed by atoms with Crippen LogP contribution >= 0.6 is 0 Å². The average molecular weight is 661 g/mol. The van der Waals surface area contributed by atoms with Crippen LogP contribution < -0.4 is 16.0 Å². The molecule has 0 atom stereocenters. The minimum absolute atomic E-state index is 0.223. The largest absolute Gasteiger partial charge is 0.381 e. The lowest BCUT2D eigenvalue weighted by molar-refractivity contribution is 0.0799. The van der Waals surface area contributed by atoms with E-state index in [0.717, 1.165) is 70.7 Å². The van der Waals surface area contributed by atoms with Crippen LogP contribution in [0.3, 0.4) is 0 Å². The first-order chi connectivity index (χ1) is 23.8. The Morgan fingerprint density at radius 1 is 0.837 bits per heavy atom. The standard InChI is InChI=1S/C34H35N5O2.C6H13NO/c1-5-31-29(18-30-21-37-39(6-2)32(30)38-31)20-36-34(41)28-15-23(4)14-27(17-28)33(40)35-19-24-10-8-12-26(16-24)25-11-7-9-22(3)13-25;1-7-6-2-4-8-5-3-6/h7-18,21H,5-6,19-20H2,1-4H3,(H,35,40)(H,36,41);6-7H,2-5H2,1H3. The number of pyridine rings is 1. The molecule has 0 radical (unpaired) electrons. The van der Waals surface area contributed by atoms with Gasteiger partial charge >= 0.3 is 0 Å². The fourth-order valence-corrected chi connectivity index (χ4v) is 6.06. The molecule has 1 saturated heterocycles. The lowest BCUT2D eigenvalue weighted by atomic mass is 10.0. The Kier molecular flexibility index (Phi) is 12.3. The third kappa shape index (κ3) is 9.40. The first kappa shape index (κ1) is 35.4. The van der Waals surface area contributed by atoms with E-state index < -0.39 is 0 Å². The number of amides is 2. The number of carbonyl (C=O) groups is 2. The van der Waals surface area contributed by atoms with E-state index in [1.807, 2.05) is 49.8 Å². The predicted octanol–water partition coefficient (Wildman–Crippen LogP) is 6.54. The number of nitrogens with one attached hydrogen (secondary N) is 3. The molecule has 256 valence electrons.